The maximum Gasteiger partial charge on any atom is 0.469 e. The summed E-state index contributed by atoms with van der Waals surface area (Å²) in [5, 5.41) is 35.8. The number of aliphatic hydroxyl groups is 1. The normalized spacial score (nSPS) is 16.8. The summed E-state index contributed by atoms with van der Waals surface area (Å²) in [7, 11) is -3.27. The van der Waals surface area contributed by atoms with E-state index < -0.39 is 85.5 Å². The molecule has 0 radical (unpaired) electrons. The molecule has 0 bridgehead atoms. The van der Waals surface area contributed by atoms with Crippen molar-refractivity contribution in [3.8, 4) is 0 Å². The number of H-pyrrole nitrogens is 1. The van der Waals surface area contributed by atoms with Gasteiger partial charge in [-0.15, -0.1) is 0 Å². The molecule has 71 heavy (non-hydrogen) atoms. The summed E-state index contributed by atoms with van der Waals surface area (Å²) in [5.41, 5.74) is 1.56. The van der Waals surface area contributed by atoms with Crippen LogP contribution in [0.25, 0.3) is 0 Å². The number of aliphatic hydroxyl groups excluding tert-OH is 1. The average Bonchev–Trinajstić information content (AvgIpc) is 4.05. The minimum atomic E-state index is -4.72. The molecule has 8 unspecified atom stereocenters. The largest absolute Gasteiger partial charge is 0.618 e. The number of nitrogens with one attached hydrogen (secondary N) is 5. The smallest absolute Gasteiger partial charge is 0.469 e. The number of nitrogens with zero attached hydrogens (tertiary/aromatic N) is 4. The third-order valence-corrected chi connectivity index (χ3v) is 13.5. The third-order valence-electron chi connectivity index (χ3n) is 12.9. The van der Waals surface area contributed by atoms with E-state index in [-0.39, 0.29) is 69.6 Å². The molecule has 8 N–H and O–H groups in total. The van der Waals surface area contributed by atoms with Gasteiger partial charge in [-0.1, -0.05) is 78.3 Å². The van der Waals surface area contributed by atoms with Crippen LogP contribution in [0.2, 0.25) is 0 Å². The number of aromatic nitrogens is 3. The van der Waals surface area contributed by atoms with Gasteiger partial charge in [-0.05, 0) is 61.5 Å². The lowest BCUT2D eigenvalue weighted by Crippen LogP contribution is -2.59. The van der Waals surface area contributed by atoms with Crippen molar-refractivity contribution in [3.63, 3.8) is 0 Å². The molecule has 22 heteroatoms. The highest BCUT2D eigenvalue weighted by molar-refractivity contribution is 7.46. The van der Waals surface area contributed by atoms with Crippen molar-refractivity contribution in [2.24, 2.45) is 23.7 Å². The molecule has 1 aliphatic rings. The zero-order valence-corrected chi connectivity index (χ0v) is 42.8. The summed E-state index contributed by atoms with van der Waals surface area (Å²) in [4.78, 5) is 112. The number of hydrogen-bond donors (Lipinski definition) is 8. The number of rotatable bonds is 28. The molecule has 1 saturated heterocycles. The van der Waals surface area contributed by atoms with Crippen molar-refractivity contribution in [2.45, 2.75) is 142 Å². The number of likely N-dealkylation sites (tertiary alicyclic amines) is 1. The lowest BCUT2D eigenvalue weighted by atomic mass is 9.85. The molecule has 6 amide bonds. The molecule has 1 aliphatic heterocycles. The van der Waals surface area contributed by atoms with E-state index in [4.69, 9.17) is 9.79 Å². The minimum absolute atomic E-state index is 0.0117. The second kappa shape index (κ2) is 27.8. The summed E-state index contributed by atoms with van der Waals surface area (Å²) in [5.74, 6) is -4.56. The molecule has 3 aromatic rings. The van der Waals surface area contributed by atoms with Crippen LogP contribution in [0.1, 0.15) is 103 Å². The standard InChI is InChI=1S/C49H74N9O12P/c1-8-33(6)44(48(64)51-29-36-18-12-13-22-58(36)66)55-45(61)37(32(4)5)27-42(59)38(24-31(2)3)53-47(63)41(26-35-28-50-30-52-35)56(7)49(65)39(25-34-16-10-9-11-17-34)54-46(62)40-19-14-21-57(40)43(60)20-15-23-70-71(67,68)69/h9-13,16-18,22,28,30-33,37-42,44,59H,8,14-15,19-21,23-27,29H2,1-7H3,(H,50,52)(H,51,64)(H,53,63)(H,54,62)(H,55,61)(H2,67,68,69). The fourth-order valence-corrected chi connectivity index (χ4v) is 9.04. The molecule has 0 spiro atoms. The van der Waals surface area contributed by atoms with E-state index in [2.05, 4.69) is 35.8 Å². The SMILES string of the molecule is CCC(C)C(NC(=O)C(CC(O)C(CC(C)C)NC(=O)C(Cc1cnc[nH]1)N(C)C(=O)C(Cc1ccccc1)NC(=O)C1CCCN1C(=O)CCCOP(=O)(O)O)C(C)C)C(=O)NCc1cccc[n+]1[O-]. The number of likely N-dealkylation sites (N-methyl/N-ethyl adjacent to an activating group) is 1. The zero-order valence-electron chi connectivity index (χ0n) is 41.9. The number of benzene rings is 1. The van der Waals surface area contributed by atoms with E-state index in [0.29, 0.717) is 47.4 Å². The Bertz CT molecular complexity index is 2250. The second-order valence-corrected chi connectivity index (χ2v) is 20.4. The summed E-state index contributed by atoms with van der Waals surface area (Å²) < 4.78 is 16.2. The Morgan fingerprint density at radius 1 is 0.958 bits per heavy atom. The van der Waals surface area contributed by atoms with E-state index in [9.17, 15) is 43.6 Å². The number of carbonyl (C=O) groups excluding carboxylic acids is 6. The van der Waals surface area contributed by atoms with E-state index in [0.717, 1.165) is 0 Å². The van der Waals surface area contributed by atoms with Crippen LogP contribution in [0.3, 0.4) is 0 Å². The fraction of sp³-hybridized carbons (Fsp3) is 0.592. The molecule has 392 valence electrons. The highest BCUT2D eigenvalue weighted by atomic mass is 31.2. The van der Waals surface area contributed by atoms with Crippen molar-refractivity contribution >= 4 is 43.3 Å². The van der Waals surface area contributed by atoms with Gasteiger partial charge in [0.25, 0.3) is 0 Å². The first-order valence-corrected chi connectivity index (χ1v) is 25.9. The number of hydrogen-bond acceptors (Lipinski definition) is 11. The number of amides is 6. The van der Waals surface area contributed by atoms with Gasteiger partial charge in [0.1, 0.15) is 30.7 Å². The van der Waals surface area contributed by atoms with Crippen LogP contribution in [0.5, 0.6) is 0 Å². The fourth-order valence-electron chi connectivity index (χ4n) is 8.67. The van der Waals surface area contributed by atoms with Gasteiger partial charge in [-0.2, -0.15) is 4.73 Å². The second-order valence-electron chi connectivity index (χ2n) is 19.2. The maximum atomic E-state index is 14.8. The molecule has 4 rings (SSSR count). The van der Waals surface area contributed by atoms with Crippen LogP contribution >= 0.6 is 7.82 Å². The highest BCUT2D eigenvalue weighted by Gasteiger charge is 2.40. The Morgan fingerprint density at radius 2 is 1.66 bits per heavy atom. The molecular formula is C49H74N9O12P. The van der Waals surface area contributed by atoms with Crippen LogP contribution in [0.15, 0.2) is 67.3 Å². The number of phosphoric acid groups is 1. The molecule has 3 heterocycles. The molecule has 1 aromatic carbocycles. The number of pyridine rings is 1. The van der Waals surface area contributed by atoms with Crippen molar-refractivity contribution in [3.05, 3.63) is 89.4 Å². The first kappa shape index (κ1) is 57.8. The summed E-state index contributed by atoms with van der Waals surface area (Å²) in [6, 6.07) is 8.66. The topological polar surface area (TPSA) is 300 Å². The lowest BCUT2D eigenvalue weighted by Gasteiger charge is -2.35. The van der Waals surface area contributed by atoms with Gasteiger partial charge >= 0.3 is 7.82 Å². The van der Waals surface area contributed by atoms with Crippen molar-refractivity contribution in [2.75, 3.05) is 20.2 Å². The molecular weight excluding hydrogens is 938 g/mol. The molecule has 21 nitrogen and oxygen atoms in total. The van der Waals surface area contributed by atoms with Gasteiger partial charge in [0.05, 0.1) is 25.1 Å². The predicted octanol–water partition coefficient (Wildman–Crippen LogP) is 2.42. The first-order chi connectivity index (χ1) is 33.6. The summed E-state index contributed by atoms with van der Waals surface area (Å²) >= 11 is 0. The van der Waals surface area contributed by atoms with E-state index in [1.807, 2.05) is 47.6 Å². The van der Waals surface area contributed by atoms with E-state index in [1.165, 1.54) is 35.6 Å². The van der Waals surface area contributed by atoms with Crippen LogP contribution < -0.4 is 26.0 Å². The number of aromatic amines is 1. The van der Waals surface area contributed by atoms with Gasteiger partial charge < -0.3 is 56.2 Å². The summed E-state index contributed by atoms with van der Waals surface area (Å²) in [6.07, 6.45) is 4.52. The zero-order chi connectivity index (χ0) is 52.4. The highest BCUT2D eigenvalue weighted by Crippen LogP contribution is 2.36. The Morgan fingerprint density at radius 3 is 2.28 bits per heavy atom. The molecule has 8 atom stereocenters. The van der Waals surface area contributed by atoms with Crippen LogP contribution in [-0.2, 0) is 57.2 Å². The Hall–Kier alpha value is -5.73. The van der Waals surface area contributed by atoms with Gasteiger partial charge in [-0.25, -0.2) is 9.55 Å². The van der Waals surface area contributed by atoms with Gasteiger partial charge in [-0.3, -0.25) is 33.3 Å². The van der Waals surface area contributed by atoms with Crippen molar-refractivity contribution in [1.29, 1.82) is 0 Å². The van der Waals surface area contributed by atoms with Crippen LogP contribution in [0.4, 0.5) is 0 Å². The first-order valence-electron chi connectivity index (χ1n) is 24.4. The van der Waals surface area contributed by atoms with E-state index in [1.54, 1.807) is 42.5 Å². The Labute approximate surface area is 416 Å². The van der Waals surface area contributed by atoms with Crippen molar-refractivity contribution in [1.82, 2.24) is 41.0 Å². The average molecular weight is 1010 g/mol. The Kier molecular flexibility index (Phi) is 22.6. The van der Waals surface area contributed by atoms with Gasteiger partial charge in [0.15, 0.2) is 6.20 Å². The number of imidazole rings is 1. The van der Waals surface area contributed by atoms with Crippen LogP contribution in [0, 0.1) is 28.9 Å². The van der Waals surface area contributed by atoms with E-state index >= 15 is 0 Å². The monoisotopic (exact) mass is 1010 g/mol. The Balaban J connectivity index is 1.55. The van der Waals surface area contributed by atoms with Crippen molar-refractivity contribution < 1.29 is 57.5 Å². The van der Waals surface area contributed by atoms with Gasteiger partial charge in [0.2, 0.25) is 41.1 Å². The quantitative estimate of drug-likeness (QED) is 0.0225. The minimum Gasteiger partial charge on any atom is -0.618 e. The third kappa shape index (κ3) is 18.1. The predicted molar refractivity (Wildman–Crippen MR) is 262 cm³/mol. The molecule has 2 aromatic heterocycles. The maximum absolute atomic E-state index is 14.8. The molecule has 0 aliphatic carbocycles. The molecule has 0 saturated carbocycles. The number of carbonyl (C=O) groups is 6. The molecule has 1 fully saturated rings. The van der Waals surface area contributed by atoms with Crippen LogP contribution in [-0.4, -0.2) is 127 Å². The summed E-state index contributed by atoms with van der Waals surface area (Å²) in [6.45, 7) is 11.1. The lowest BCUT2D eigenvalue weighted by molar-refractivity contribution is -0.614. The van der Waals surface area contributed by atoms with Gasteiger partial charge in [0, 0.05) is 62.8 Å². The number of phosphoric ester groups is 1.